The lowest BCUT2D eigenvalue weighted by Crippen LogP contribution is -2.49. The van der Waals surface area contributed by atoms with Gasteiger partial charge in [0.2, 0.25) is 0 Å². The van der Waals surface area contributed by atoms with Crippen LogP contribution in [0.5, 0.6) is 0 Å². The standard InChI is InChI=1S/C14H20N2O2/c1-10-11(4-3-5-12(10)15)13(17)16-14(2)6-8-18-9-7-14/h3-5H,6-9,15H2,1-2H3,(H,16,17). The largest absolute Gasteiger partial charge is 0.398 e. The van der Waals surface area contributed by atoms with Gasteiger partial charge < -0.3 is 15.8 Å². The SMILES string of the molecule is Cc1c(N)cccc1C(=O)NC1(C)CCOCC1. The number of nitrogens with one attached hydrogen (secondary N) is 1. The van der Waals surface area contributed by atoms with Gasteiger partial charge in [0.25, 0.3) is 5.91 Å². The summed E-state index contributed by atoms with van der Waals surface area (Å²) in [6.45, 7) is 5.34. The molecule has 0 atom stereocenters. The summed E-state index contributed by atoms with van der Waals surface area (Å²) in [6.07, 6.45) is 1.69. The van der Waals surface area contributed by atoms with Gasteiger partial charge in [0.05, 0.1) is 0 Å². The van der Waals surface area contributed by atoms with Gasteiger partial charge in [0, 0.05) is 30.0 Å². The Bertz CT molecular complexity index is 451. The Morgan fingerprint density at radius 3 is 2.72 bits per heavy atom. The van der Waals surface area contributed by atoms with Gasteiger partial charge in [-0.05, 0) is 44.4 Å². The molecule has 0 unspecified atom stereocenters. The summed E-state index contributed by atoms with van der Waals surface area (Å²) in [5.41, 5.74) is 7.80. The molecular weight excluding hydrogens is 228 g/mol. The fraction of sp³-hybridized carbons (Fsp3) is 0.500. The molecule has 4 nitrogen and oxygen atoms in total. The Morgan fingerprint density at radius 2 is 2.06 bits per heavy atom. The Labute approximate surface area is 108 Å². The quantitative estimate of drug-likeness (QED) is 0.785. The van der Waals surface area contributed by atoms with Crippen molar-refractivity contribution < 1.29 is 9.53 Å². The maximum absolute atomic E-state index is 12.3. The van der Waals surface area contributed by atoms with Crippen LogP contribution >= 0.6 is 0 Å². The third-order valence-electron chi connectivity index (χ3n) is 3.63. The molecule has 1 heterocycles. The minimum absolute atomic E-state index is 0.0517. The first kappa shape index (κ1) is 12.9. The lowest BCUT2D eigenvalue weighted by Gasteiger charge is -2.34. The highest BCUT2D eigenvalue weighted by Crippen LogP contribution is 2.22. The molecule has 98 valence electrons. The van der Waals surface area contributed by atoms with E-state index in [9.17, 15) is 4.79 Å². The summed E-state index contributed by atoms with van der Waals surface area (Å²) < 4.78 is 5.32. The van der Waals surface area contributed by atoms with E-state index in [1.807, 2.05) is 25.1 Å². The zero-order valence-corrected chi connectivity index (χ0v) is 11.0. The second kappa shape index (κ2) is 4.98. The van der Waals surface area contributed by atoms with E-state index >= 15 is 0 Å². The minimum atomic E-state index is -0.174. The van der Waals surface area contributed by atoms with E-state index in [0.717, 1.165) is 18.4 Å². The molecule has 4 heteroatoms. The van der Waals surface area contributed by atoms with Crippen LogP contribution in [0.25, 0.3) is 0 Å². The summed E-state index contributed by atoms with van der Waals surface area (Å²) in [5.74, 6) is -0.0517. The number of amides is 1. The molecule has 0 spiro atoms. The fourth-order valence-electron chi connectivity index (χ4n) is 2.19. The molecule has 18 heavy (non-hydrogen) atoms. The summed E-state index contributed by atoms with van der Waals surface area (Å²) in [7, 11) is 0. The van der Waals surface area contributed by atoms with Crippen LogP contribution in [0.2, 0.25) is 0 Å². The van der Waals surface area contributed by atoms with Crippen molar-refractivity contribution in [3.8, 4) is 0 Å². The number of carbonyl (C=O) groups excluding carboxylic acids is 1. The maximum atomic E-state index is 12.3. The van der Waals surface area contributed by atoms with Crippen LogP contribution in [0.3, 0.4) is 0 Å². The van der Waals surface area contributed by atoms with E-state index in [1.165, 1.54) is 0 Å². The maximum Gasteiger partial charge on any atom is 0.252 e. The van der Waals surface area contributed by atoms with Gasteiger partial charge in [-0.1, -0.05) is 6.07 Å². The number of benzene rings is 1. The van der Waals surface area contributed by atoms with Crippen molar-refractivity contribution in [2.75, 3.05) is 18.9 Å². The summed E-state index contributed by atoms with van der Waals surface area (Å²) in [6, 6.07) is 5.43. The van der Waals surface area contributed by atoms with Crippen LogP contribution in [0.1, 0.15) is 35.7 Å². The lowest BCUT2D eigenvalue weighted by atomic mass is 9.91. The van der Waals surface area contributed by atoms with Crippen molar-refractivity contribution in [1.29, 1.82) is 0 Å². The number of hydrogen-bond donors (Lipinski definition) is 2. The minimum Gasteiger partial charge on any atom is -0.398 e. The predicted octanol–water partition coefficient (Wildman–Crippen LogP) is 1.88. The van der Waals surface area contributed by atoms with E-state index in [1.54, 1.807) is 0 Å². The van der Waals surface area contributed by atoms with Gasteiger partial charge in [-0.15, -0.1) is 0 Å². The average Bonchev–Trinajstić information content (AvgIpc) is 2.33. The van der Waals surface area contributed by atoms with Gasteiger partial charge in [0.15, 0.2) is 0 Å². The van der Waals surface area contributed by atoms with Crippen molar-refractivity contribution in [2.45, 2.75) is 32.2 Å². The fourth-order valence-corrected chi connectivity index (χ4v) is 2.19. The van der Waals surface area contributed by atoms with Gasteiger partial charge >= 0.3 is 0 Å². The van der Waals surface area contributed by atoms with Gasteiger partial charge in [0.1, 0.15) is 0 Å². The van der Waals surface area contributed by atoms with Crippen LogP contribution in [-0.4, -0.2) is 24.7 Å². The Hall–Kier alpha value is -1.55. The lowest BCUT2D eigenvalue weighted by molar-refractivity contribution is 0.0422. The van der Waals surface area contributed by atoms with Crippen LogP contribution < -0.4 is 11.1 Å². The first-order valence-electron chi connectivity index (χ1n) is 6.27. The monoisotopic (exact) mass is 248 g/mol. The van der Waals surface area contributed by atoms with E-state index in [0.29, 0.717) is 24.5 Å². The number of rotatable bonds is 2. The first-order chi connectivity index (χ1) is 8.52. The number of carbonyl (C=O) groups is 1. The Kier molecular flexibility index (Phi) is 3.57. The van der Waals surface area contributed by atoms with E-state index in [2.05, 4.69) is 12.2 Å². The zero-order chi connectivity index (χ0) is 13.2. The van der Waals surface area contributed by atoms with Crippen LogP contribution in [-0.2, 0) is 4.74 Å². The second-order valence-corrected chi connectivity index (χ2v) is 5.15. The molecule has 1 aromatic carbocycles. The Balaban J connectivity index is 2.14. The summed E-state index contributed by atoms with van der Waals surface area (Å²) >= 11 is 0. The van der Waals surface area contributed by atoms with Crippen molar-refractivity contribution in [1.82, 2.24) is 5.32 Å². The van der Waals surface area contributed by atoms with Gasteiger partial charge in [-0.3, -0.25) is 4.79 Å². The predicted molar refractivity (Wildman–Crippen MR) is 71.5 cm³/mol. The molecule has 0 saturated carbocycles. The number of hydrogen-bond acceptors (Lipinski definition) is 3. The summed E-state index contributed by atoms with van der Waals surface area (Å²) in [5, 5.41) is 3.11. The molecule has 0 bridgehead atoms. The topological polar surface area (TPSA) is 64.4 Å². The zero-order valence-electron chi connectivity index (χ0n) is 11.0. The number of nitrogens with two attached hydrogens (primary N) is 1. The van der Waals surface area contributed by atoms with Gasteiger partial charge in [-0.2, -0.15) is 0 Å². The van der Waals surface area contributed by atoms with Crippen molar-refractivity contribution in [3.63, 3.8) is 0 Å². The highest BCUT2D eigenvalue weighted by Gasteiger charge is 2.29. The highest BCUT2D eigenvalue weighted by atomic mass is 16.5. The molecule has 1 aliphatic rings. The van der Waals surface area contributed by atoms with E-state index in [4.69, 9.17) is 10.5 Å². The molecule has 1 fully saturated rings. The van der Waals surface area contributed by atoms with E-state index in [-0.39, 0.29) is 11.4 Å². The molecule has 1 saturated heterocycles. The third kappa shape index (κ3) is 2.64. The van der Waals surface area contributed by atoms with Crippen molar-refractivity contribution in [2.24, 2.45) is 0 Å². The number of nitrogen functional groups attached to an aromatic ring is 1. The van der Waals surface area contributed by atoms with Crippen molar-refractivity contribution in [3.05, 3.63) is 29.3 Å². The average molecular weight is 248 g/mol. The molecule has 1 aliphatic heterocycles. The second-order valence-electron chi connectivity index (χ2n) is 5.15. The van der Waals surface area contributed by atoms with E-state index < -0.39 is 0 Å². The van der Waals surface area contributed by atoms with Crippen molar-refractivity contribution >= 4 is 11.6 Å². The molecule has 0 aromatic heterocycles. The molecule has 1 amide bonds. The van der Waals surface area contributed by atoms with Crippen LogP contribution in [0.15, 0.2) is 18.2 Å². The molecule has 0 radical (unpaired) electrons. The normalized spacial score (nSPS) is 18.3. The van der Waals surface area contributed by atoms with Crippen LogP contribution in [0.4, 0.5) is 5.69 Å². The number of anilines is 1. The van der Waals surface area contributed by atoms with Gasteiger partial charge in [-0.25, -0.2) is 0 Å². The number of ether oxygens (including phenoxy) is 1. The smallest absolute Gasteiger partial charge is 0.252 e. The highest BCUT2D eigenvalue weighted by molar-refractivity contribution is 5.97. The molecule has 2 rings (SSSR count). The Morgan fingerprint density at radius 1 is 1.39 bits per heavy atom. The molecule has 3 N–H and O–H groups in total. The first-order valence-corrected chi connectivity index (χ1v) is 6.27. The third-order valence-corrected chi connectivity index (χ3v) is 3.63. The molecule has 1 aromatic rings. The summed E-state index contributed by atoms with van der Waals surface area (Å²) in [4.78, 5) is 12.3. The molecular formula is C14H20N2O2. The molecule has 0 aliphatic carbocycles. The van der Waals surface area contributed by atoms with Crippen LogP contribution in [0, 0.1) is 6.92 Å².